The maximum atomic E-state index is 5.96. The highest BCUT2D eigenvalue weighted by Crippen LogP contribution is 2.18. The Morgan fingerprint density at radius 3 is 2.10 bits per heavy atom. The van der Waals surface area contributed by atoms with Gasteiger partial charge in [-0.3, -0.25) is 0 Å². The van der Waals surface area contributed by atoms with Crippen LogP contribution in [-0.4, -0.2) is 15.6 Å². The summed E-state index contributed by atoms with van der Waals surface area (Å²) in [4.78, 5) is 0. The van der Waals surface area contributed by atoms with Crippen LogP contribution in [0.1, 0.15) is 97.3 Å². The van der Waals surface area contributed by atoms with E-state index in [0.717, 1.165) is 6.61 Å². The lowest BCUT2D eigenvalue weighted by molar-refractivity contribution is 0.292. The van der Waals surface area contributed by atoms with Gasteiger partial charge in [-0.25, -0.2) is 0 Å². The number of hydrogen-bond acceptors (Lipinski definition) is 1. The third-order valence-electron chi connectivity index (χ3n) is 4.71. The number of hydrogen-bond donors (Lipinski definition) is 0. The van der Waals surface area contributed by atoms with Gasteiger partial charge in [0.15, 0.2) is 0 Å². The number of allylic oxidation sites excluding steroid dienone is 2. The summed E-state index contributed by atoms with van der Waals surface area (Å²) in [7, 11) is -0.943. The maximum absolute atomic E-state index is 5.96. The summed E-state index contributed by atoms with van der Waals surface area (Å²) in [6, 6.07) is 1.38. The molecule has 1 heterocycles. The first-order chi connectivity index (χ1) is 10.3. The summed E-state index contributed by atoms with van der Waals surface area (Å²) in [5.41, 5.74) is 0. The third kappa shape index (κ3) is 10.3. The Morgan fingerprint density at radius 1 is 0.905 bits per heavy atom. The quantitative estimate of drug-likeness (QED) is 0.303. The van der Waals surface area contributed by atoms with Crippen LogP contribution in [0.4, 0.5) is 0 Å². The molecule has 0 aliphatic carbocycles. The van der Waals surface area contributed by atoms with Crippen LogP contribution in [0, 0.1) is 0 Å². The summed E-state index contributed by atoms with van der Waals surface area (Å²) in [5, 5.41) is 1.62. The Hall–Kier alpha value is -0.0831. The van der Waals surface area contributed by atoms with E-state index in [0.29, 0.717) is 0 Å². The van der Waals surface area contributed by atoms with Crippen LogP contribution in [0.2, 0.25) is 6.04 Å². The van der Waals surface area contributed by atoms with Crippen molar-refractivity contribution in [2.24, 2.45) is 0 Å². The number of rotatable bonds is 12. The molecule has 1 unspecified atom stereocenters. The Bertz CT molecular complexity index is 256. The van der Waals surface area contributed by atoms with Gasteiger partial charge in [-0.1, -0.05) is 82.4 Å². The average Bonchev–Trinajstić information content (AvgIpc) is 2.53. The molecule has 0 aromatic carbocycles. The van der Waals surface area contributed by atoms with Gasteiger partial charge in [0, 0.05) is 6.61 Å². The molecule has 124 valence electrons. The smallest absolute Gasteiger partial charge is 0.203 e. The molecule has 1 rings (SSSR count). The Labute approximate surface area is 135 Å². The van der Waals surface area contributed by atoms with E-state index in [2.05, 4.69) is 19.9 Å². The van der Waals surface area contributed by atoms with Crippen LogP contribution in [-0.2, 0) is 4.43 Å². The summed E-state index contributed by atoms with van der Waals surface area (Å²) in [6.45, 7) is 5.64. The molecule has 1 aliphatic rings. The highest BCUT2D eigenvalue weighted by molar-refractivity contribution is 6.60. The minimum absolute atomic E-state index is 0.943. The minimum Gasteiger partial charge on any atom is -0.416 e. The SMILES string of the molecule is CCCCCCCCCCCCC=C(C)[SiH]1CCCCO1. The lowest BCUT2D eigenvalue weighted by atomic mass is 10.1. The molecule has 0 aromatic heterocycles. The third-order valence-corrected chi connectivity index (χ3v) is 7.53. The van der Waals surface area contributed by atoms with Crippen LogP contribution < -0.4 is 0 Å². The second-order valence-corrected chi connectivity index (χ2v) is 9.57. The van der Waals surface area contributed by atoms with Crippen molar-refractivity contribution >= 4 is 9.04 Å². The van der Waals surface area contributed by atoms with Gasteiger partial charge < -0.3 is 4.43 Å². The molecule has 2 heteroatoms. The molecular formula is C19H38OSi. The molecule has 1 fully saturated rings. The second kappa shape index (κ2) is 13.6. The van der Waals surface area contributed by atoms with Crippen LogP contribution in [0.25, 0.3) is 0 Å². The van der Waals surface area contributed by atoms with E-state index in [4.69, 9.17) is 4.43 Å². The van der Waals surface area contributed by atoms with Crippen LogP contribution in [0.15, 0.2) is 11.3 Å². The van der Waals surface area contributed by atoms with Crippen molar-refractivity contribution in [1.82, 2.24) is 0 Å². The molecule has 1 atom stereocenters. The fourth-order valence-electron chi connectivity index (χ4n) is 3.19. The standard InChI is InChI=1S/C19H38OSi/c1-3-4-5-6-7-8-9-10-11-12-13-16-19(2)21-18-15-14-17-20-21/h16,21H,3-15,17-18H2,1-2H3. The zero-order chi connectivity index (χ0) is 15.2. The minimum atomic E-state index is -0.943. The Kier molecular flexibility index (Phi) is 12.3. The van der Waals surface area contributed by atoms with Crippen molar-refractivity contribution in [1.29, 1.82) is 0 Å². The summed E-state index contributed by atoms with van der Waals surface area (Å²) < 4.78 is 5.96. The molecule has 0 N–H and O–H groups in total. The van der Waals surface area contributed by atoms with Crippen molar-refractivity contribution < 1.29 is 4.43 Å². The molecule has 0 spiro atoms. The van der Waals surface area contributed by atoms with E-state index in [9.17, 15) is 0 Å². The van der Waals surface area contributed by atoms with E-state index in [1.807, 2.05) is 0 Å². The van der Waals surface area contributed by atoms with E-state index >= 15 is 0 Å². The summed E-state index contributed by atoms with van der Waals surface area (Å²) >= 11 is 0. The molecule has 0 radical (unpaired) electrons. The van der Waals surface area contributed by atoms with Crippen LogP contribution in [0.5, 0.6) is 0 Å². The molecule has 0 aromatic rings. The molecule has 0 saturated carbocycles. The molecule has 0 bridgehead atoms. The zero-order valence-corrected chi connectivity index (χ0v) is 15.8. The molecule has 1 saturated heterocycles. The first-order valence-electron chi connectivity index (χ1n) is 9.63. The maximum Gasteiger partial charge on any atom is 0.203 e. The van der Waals surface area contributed by atoms with Gasteiger partial charge in [0.25, 0.3) is 0 Å². The molecule has 1 aliphatic heterocycles. The summed E-state index contributed by atoms with van der Waals surface area (Å²) in [5.74, 6) is 0. The van der Waals surface area contributed by atoms with Gasteiger partial charge in [0.05, 0.1) is 0 Å². The van der Waals surface area contributed by atoms with Crippen molar-refractivity contribution in [3.05, 3.63) is 11.3 Å². The average molecular weight is 311 g/mol. The monoisotopic (exact) mass is 310 g/mol. The number of unbranched alkanes of at least 4 members (excludes halogenated alkanes) is 10. The highest BCUT2D eigenvalue weighted by Gasteiger charge is 2.17. The molecule has 0 amide bonds. The van der Waals surface area contributed by atoms with Gasteiger partial charge in [-0.15, -0.1) is 0 Å². The van der Waals surface area contributed by atoms with Gasteiger partial charge >= 0.3 is 0 Å². The lowest BCUT2D eigenvalue weighted by Gasteiger charge is -2.21. The predicted octanol–water partition coefficient (Wildman–Crippen LogP) is 6.32. The van der Waals surface area contributed by atoms with Crippen LogP contribution in [0.3, 0.4) is 0 Å². The van der Waals surface area contributed by atoms with E-state index in [1.54, 1.807) is 5.20 Å². The van der Waals surface area contributed by atoms with Crippen molar-refractivity contribution in [2.75, 3.05) is 6.61 Å². The Morgan fingerprint density at radius 2 is 1.52 bits per heavy atom. The molecule has 1 nitrogen and oxygen atoms in total. The van der Waals surface area contributed by atoms with E-state index in [1.165, 1.54) is 89.5 Å². The molecule has 21 heavy (non-hydrogen) atoms. The fraction of sp³-hybridized carbons (Fsp3) is 0.895. The van der Waals surface area contributed by atoms with Crippen molar-refractivity contribution in [3.63, 3.8) is 0 Å². The van der Waals surface area contributed by atoms with Gasteiger partial charge in [0.2, 0.25) is 9.04 Å². The highest BCUT2D eigenvalue weighted by atomic mass is 28.3. The normalized spacial score (nSPS) is 19.9. The van der Waals surface area contributed by atoms with Gasteiger partial charge in [-0.05, 0) is 32.2 Å². The van der Waals surface area contributed by atoms with Gasteiger partial charge in [-0.2, -0.15) is 0 Å². The lowest BCUT2D eigenvalue weighted by Crippen LogP contribution is -2.24. The first kappa shape index (κ1) is 19.0. The van der Waals surface area contributed by atoms with Crippen molar-refractivity contribution in [3.8, 4) is 0 Å². The molecular weight excluding hydrogens is 272 g/mol. The topological polar surface area (TPSA) is 9.23 Å². The summed E-state index contributed by atoms with van der Waals surface area (Å²) in [6.07, 6.45) is 20.8. The van der Waals surface area contributed by atoms with E-state index in [-0.39, 0.29) is 0 Å². The fourth-order valence-corrected chi connectivity index (χ4v) is 5.62. The van der Waals surface area contributed by atoms with E-state index < -0.39 is 9.04 Å². The largest absolute Gasteiger partial charge is 0.416 e. The van der Waals surface area contributed by atoms with Crippen molar-refractivity contribution in [2.45, 2.75) is 103 Å². The zero-order valence-electron chi connectivity index (χ0n) is 14.7. The predicted molar refractivity (Wildman–Crippen MR) is 97.4 cm³/mol. The first-order valence-corrected chi connectivity index (χ1v) is 11.5. The Balaban J connectivity index is 1.87. The van der Waals surface area contributed by atoms with Gasteiger partial charge in [0.1, 0.15) is 0 Å². The second-order valence-electron chi connectivity index (χ2n) is 6.77. The van der Waals surface area contributed by atoms with Crippen LogP contribution >= 0.6 is 0 Å².